The predicted octanol–water partition coefficient (Wildman–Crippen LogP) is 2.66. The minimum atomic E-state index is -0.564. The molecule has 4 nitrogen and oxygen atoms in total. The van der Waals surface area contributed by atoms with Gasteiger partial charge in [0.15, 0.2) is 0 Å². The van der Waals surface area contributed by atoms with Crippen LogP contribution in [0.4, 0.5) is 0 Å². The number of hydrogen-bond donors (Lipinski definition) is 4. The van der Waals surface area contributed by atoms with Crippen LogP contribution in [0.5, 0.6) is 0 Å². The molecular weight excluding hydrogens is 280 g/mol. The predicted molar refractivity (Wildman–Crippen MR) is 92.6 cm³/mol. The van der Waals surface area contributed by atoms with Crippen molar-refractivity contribution in [1.29, 1.82) is 0 Å². The fourth-order valence-electron chi connectivity index (χ4n) is 1.69. The standard InChI is InChI=1S/2C9H18O2/c1-7(2)8(3)9(11)5-4-6-10;1-3-9(11,4-2)7-5-6-8-10/h4-5,7-11H,6H2,1-3H3;5-6,10-11H,3-4,7-8H2,1-2H3. The van der Waals surface area contributed by atoms with E-state index in [4.69, 9.17) is 10.2 Å². The summed E-state index contributed by atoms with van der Waals surface area (Å²) in [6.07, 6.45) is 8.44. The first-order chi connectivity index (χ1) is 10.3. The Labute approximate surface area is 136 Å². The summed E-state index contributed by atoms with van der Waals surface area (Å²) in [7, 11) is 0. The molecule has 0 aliphatic rings. The van der Waals surface area contributed by atoms with Crippen molar-refractivity contribution in [2.45, 2.75) is 65.6 Å². The van der Waals surface area contributed by atoms with Crippen LogP contribution in [0.2, 0.25) is 0 Å². The maximum absolute atomic E-state index is 9.72. The van der Waals surface area contributed by atoms with Crippen LogP contribution in [0.1, 0.15) is 53.9 Å². The van der Waals surface area contributed by atoms with Crippen LogP contribution in [0.15, 0.2) is 24.3 Å². The van der Waals surface area contributed by atoms with Gasteiger partial charge in [-0.25, -0.2) is 0 Å². The van der Waals surface area contributed by atoms with Crippen molar-refractivity contribution < 1.29 is 20.4 Å². The monoisotopic (exact) mass is 316 g/mol. The number of aliphatic hydroxyl groups is 4. The number of rotatable bonds is 9. The van der Waals surface area contributed by atoms with E-state index in [0.717, 1.165) is 12.8 Å². The Morgan fingerprint density at radius 3 is 1.77 bits per heavy atom. The molecule has 0 aliphatic heterocycles. The van der Waals surface area contributed by atoms with Crippen LogP contribution in [-0.2, 0) is 0 Å². The highest BCUT2D eigenvalue weighted by molar-refractivity contribution is 4.91. The lowest BCUT2D eigenvalue weighted by Crippen LogP contribution is -2.25. The molecule has 0 aromatic heterocycles. The molecule has 0 saturated heterocycles. The third-order valence-electron chi connectivity index (χ3n) is 4.12. The lowest BCUT2D eigenvalue weighted by Gasteiger charge is -2.22. The molecule has 0 aliphatic carbocycles. The van der Waals surface area contributed by atoms with E-state index >= 15 is 0 Å². The quantitative estimate of drug-likeness (QED) is 0.493. The van der Waals surface area contributed by atoms with Gasteiger partial charge in [0, 0.05) is 0 Å². The lowest BCUT2D eigenvalue weighted by atomic mass is 9.92. The summed E-state index contributed by atoms with van der Waals surface area (Å²) in [5, 5.41) is 36.0. The Kier molecular flexibility index (Phi) is 15.0. The van der Waals surface area contributed by atoms with Gasteiger partial charge < -0.3 is 20.4 Å². The number of aliphatic hydroxyl groups excluding tert-OH is 3. The maximum atomic E-state index is 9.72. The van der Waals surface area contributed by atoms with Gasteiger partial charge in [0.25, 0.3) is 0 Å². The first-order valence-electron chi connectivity index (χ1n) is 8.21. The summed E-state index contributed by atoms with van der Waals surface area (Å²) in [6.45, 7) is 10.1. The Hall–Kier alpha value is -0.680. The highest BCUT2D eigenvalue weighted by Crippen LogP contribution is 2.19. The minimum absolute atomic E-state index is 0.00186. The first kappa shape index (κ1) is 23.6. The maximum Gasteiger partial charge on any atom is 0.0749 e. The van der Waals surface area contributed by atoms with Gasteiger partial charge >= 0.3 is 0 Å². The summed E-state index contributed by atoms with van der Waals surface area (Å²) in [6, 6.07) is 0. The second-order valence-electron chi connectivity index (χ2n) is 5.99. The van der Waals surface area contributed by atoms with Crippen molar-refractivity contribution in [3.8, 4) is 0 Å². The molecule has 2 unspecified atom stereocenters. The van der Waals surface area contributed by atoms with Crippen molar-refractivity contribution in [3.63, 3.8) is 0 Å². The molecule has 0 amide bonds. The van der Waals surface area contributed by atoms with Gasteiger partial charge in [-0.1, -0.05) is 58.9 Å². The lowest BCUT2D eigenvalue weighted by molar-refractivity contribution is 0.0352. The molecule has 2 atom stereocenters. The minimum Gasteiger partial charge on any atom is -0.392 e. The van der Waals surface area contributed by atoms with Gasteiger partial charge in [0.2, 0.25) is 0 Å². The smallest absolute Gasteiger partial charge is 0.0749 e. The van der Waals surface area contributed by atoms with Crippen LogP contribution >= 0.6 is 0 Å². The van der Waals surface area contributed by atoms with Crippen LogP contribution in [0.3, 0.4) is 0 Å². The van der Waals surface area contributed by atoms with Gasteiger partial charge in [-0.05, 0) is 31.1 Å². The van der Waals surface area contributed by atoms with Crippen LogP contribution in [0.25, 0.3) is 0 Å². The average molecular weight is 316 g/mol. The zero-order valence-corrected chi connectivity index (χ0v) is 14.9. The number of hydrogen-bond acceptors (Lipinski definition) is 4. The molecule has 4 N–H and O–H groups in total. The zero-order valence-electron chi connectivity index (χ0n) is 14.9. The molecule has 0 heterocycles. The zero-order chi connectivity index (χ0) is 17.6. The van der Waals surface area contributed by atoms with Crippen molar-refractivity contribution in [1.82, 2.24) is 0 Å². The van der Waals surface area contributed by atoms with E-state index in [2.05, 4.69) is 13.8 Å². The summed E-state index contributed by atoms with van der Waals surface area (Å²) in [5.41, 5.74) is -0.564. The van der Waals surface area contributed by atoms with Crippen molar-refractivity contribution in [2.24, 2.45) is 11.8 Å². The van der Waals surface area contributed by atoms with E-state index in [0.29, 0.717) is 12.3 Å². The molecule has 0 spiro atoms. The third kappa shape index (κ3) is 11.9. The van der Waals surface area contributed by atoms with Crippen LogP contribution < -0.4 is 0 Å². The molecule has 0 aromatic carbocycles. The molecule has 22 heavy (non-hydrogen) atoms. The Morgan fingerprint density at radius 1 is 0.909 bits per heavy atom. The molecule has 0 aromatic rings. The molecule has 0 bridgehead atoms. The molecular formula is C18H36O4. The van der Waals surface area contributed by atoms with E-state index in [9.17, 15) is 10.2 Å². The molecule has 132 valence electrons. The average Bonchev–Trinajstić information content (AvgIpc) is 2.52. The Bertz CT molecular complexity index is 293. The Morgan fingerprint density at radius 2 is 1.41 bits per heavy atom. The van der Waals surface area contributed by atoms with E-state index in [1.807, 2.05) is 26.8 Å². The van der Waals surface area contributed by atoms with E-state index in [1.54, 1.807) is 18.2 Å². The summed E-state index contributed by atoms with van der Waals surface area (Å²) in [5.74, 6) is 0.714. The van der Waals surface area contributed by atoms with Crippen LogP contribution in [-0.4, -0.2) is 45.3 Å². The summed E-state index contributed by atoms with van der Waals surface area (Å²) < 4.78 is 0. The fourth-order valence-corrected chi connectivity index (χ4v) is 1.69. The van der Waals surface area contributed by atoms with E-state index < -0.39 is 11.7 Å². The molecule has 0 rings (SSSR count). The highest BCUT2D eigenvalue weighted by atomic mass is 16.3. The Balaban J connectivity index is 0. The van der Waals surface area contributed by atoms with Crippen molar-refractivity contribution in [2.75, 3.05) is 13.2 Å². The molecule has 0 fully saturated rings. The van der Waals surface area contributed by atoms with E-state index in [1.165, 1.54) is 0 Å². The molecule has 4 heteroatoms. The second-order valence-corrected chi connectivity index (χ2v) is 5.99. The molecule has 0 radical (unpaired) electrons. The second kappa shape index (κ2) is 13.9. The topological polar surface area (TPSA) is 80.9 Å². The van der Waals surface area contributed by atoms with Gasteiger partial charge in [-0.3, -0.25) is 0 Å². The largest absolute Gasteiger partial charge is 0.392 e. The van der Waals surface area contributed by atoms with Gasteiger partial charge in [-0.15, -0.1) is 0 Å². The van der Waals surface area contributed by atoms with Crippen LogP contribution in [0, 0.1) is 11.8 Å². The SMILES string of the molecule is CC(C)C(C)C(O)C=CCO.CCC(O)(CC)CC=CCO. The summed E-state index contributed by atoms with van der Waals surface area (Å²) in [4.78, 5) is 0. The van der Waals surface area contributed by atoms with Crippen molar-refractivity contribution in [3.05, 3.63) is 24.3 Å². The van der Waals surface area contributed by atoms with Crippen molar-refractivity contribution >= 4 is 0 Å². The van der Waals surface area contributed by atoms with E-state index in [-0.39, 0.29) is 19.1 Å². The van der Waals surface area contributed by atoms with Gasteiger partial charge in [0.05, 0.1) is 24.9 Å². The fraction of sp³-hybridized carbons (Fsp3) is 0.778. The highest BCUT2D eigenvalue weighted by Gasteiger charge is 2.19. The first-order valence-corrected chi connectivity index (χ1v) is 8.21. The third-order valence-corrected chi connectivity index (χ3v) is 4.12. The van der Waals surface area contributed by atoms with Gasteiger partial charge in [0.1, 0.15) is 0 Å². The summed E-state index contributed by atoms with van der Waals surface area (Å²) >= 11 is 0. The molecule has 0 saturated carbocycles. The normalized spacial score (nSPS) is 15.2. The van der Waals surface area contributed by atoms with Gasteiger partial charge in [-0.2, -0.15) is 0 Å².